The molecule has 4 heteroatoms. The highest BCUT2D eigenvalue weighted by Gasteiger charge is 2.19. The van der Waals surface area contributed by atoms with E-state index in [-0.39, 0.29) is 0 Å². The minimum atomic E-state index is -0.891. The highest BCUT2D eigenvalue weighted by molar-refractivity contribution is 5.88. The van der Waals surface area contributed by atoms with Crippen LogP contribution in [0.3, 0.4) is 0 Å². The molecule has 0 fully saturated rings. The minimum absolute atomic E-state index is 0.324. The van der Waals surface area contributed by atoms with Gasteiger partial charge in [0.1, 0.15) is 0 Å². The summed E-state index contributed by atoms with van der Waals surface area (Å²) in [7, 11) is 3.30. The van der Waals surface area contributed by atoms with Crippen LogP contribution in [0.4, 0.5) is 0 Å². The van der Waals surface area contributed by atoms with Crippen LogP contribution in [0, 0.1) is 0 Å². The van der Waals surface area contributed by atoms with Crippen molar-refractivity contribution >= 4 is 17.6 Å². The smallest absolute Gasteiger partial charge is 0.335 e. The Balaban J connectivity index is 1.59. The molecule has 0 amide bonds. The van der Waals surface area contributed by atoms with Gasteiger partial charge >= 0.3 is 5.97 Å². The number of carboxylic acid groups (broad SMARTS) is 1. The highest BCUT2D eigenvalue weighted by atomic mass is 16.5. The van der Waals surface area contributed by atoms with Crippen LogP contribution in [0.15, 0.2) is 60.7 Å². The van der Waals surface area contributed by atoms with Gasteiger partial charge in [0.2, 0.25) is 0 Å². The molecule has 0 spiro atoms. The topological polar surface area (TPSA) is 55.8 Å². The van der Waals surface area contributed by atoms with Crippen LogP contribution in [0.2, 0.25) is 0 Å². The maximum Gasteiger partial charge on any atom is 0.335 e. The number of methoxy groups -OCH3 is 2. The number of hydrogen-bond donors (Lipinski definition) is 1. The van der Waals surface area contributed by atoms with Gasteiger partial charge in [0, 0.05) is 0 Å². The van der Waals surface area contributed by atoms with Gasteiger partial charge in [-0.1, -0.05) is 42.5 Å². The lowest BCUT2D eigenvalue weighted by Gasteiger charge is -2.12. The zero-order valence-electron chi connectivity index (χ0n) is 17.9. The third-order valence-electron chi connectivity index (χ3n) is 5.85. The number of allylic oxidation sites excluding steroid dienone is 1. The Kier molecular flexibility index (Phi) is 6.08. The highest BCUT2D eigenvalue weighted by Crippen LogP contribution is 2.38. The molecular formula is C27H26O4. The predicted octanol–water partition coefficient (Wildman–Crippen LogP) is 5.67. The van der Waals surface area contributed by atoms with E-state index in [1.165, 1.54) is 22.3 Å². The molecular weight excluding hydrogens is 388 g/mol. The molecule has 4 nitrogen and oxygen atoms in total. The average molecular weight is 415 g/mol. The van der Waals surface area contributed by atoms with Crippen molar-refractivity contribution in [1.29, 1.82) is 0 Å². The number of benzene rings is 3. The quantitative estimate of drug-likeness (QED) is 0.541. The number of fused-ring (bicyclic) bond motifs is 1. The SMILES string of the molecule is COc1ccc(C=C2CCc3cccc(CCc4ccc(C(=O)O)cc4)c32)cc1OC. The van der Waals surface area contributed by atoms with Gasteiger partial charge in [-0.2, -0.15) is 0 Å². The second-order valence-corrected chi connectivity index (χ2v) is 7.74. The molecule has 1 aliphatic rings. The van der Waals surface area contributed by atoms with E-state index in [0.29, 0.717) is 5.56 Å². The Hall–Kier alpha value is -3.53. The van der Waals surface area contributed by atoms with E-state index < -0.39 is 5.97 Å². The van der Waals surface area contributed by atoms with Gasteiger partial charge in [0.05, 0.1) is 19.8 Å². The zero-order valence-corrected chi connectivity index (χ0v) is 17.9. The van der Waals surface area contributed by atoms with Crippen molar-refractivity contribution in [2.45, 2.75) is 25.7 Å². The van der Waals surface area contributed by atoms with Gasteiger partial charge in [0.15, 0.2) is 11.5 Å². The molecule has 3 aromatic carbocycles. The molecule has 3 aromatic rings. The van der Waals surface area contributed by atoms with Crippen molar-refractivity contribution < 1.29 is 19.4 Å². The Morgan fingerprint density at radius 1 is 0.935 bits per heavy atom. The largest absolute Gasteiger partial charge is 0.493 e. The average Bonchev–Trinajstić information content (AvgIpc) is 3.21. The summed E-state index contributed by atoms with van der Waals surface area (Å²) < 4.78 is 10.8. The van der Waals surface area contributed by atoms with Gasteiger partial charge < -0.3 is 14.6 Å². The molecule has 0 aliphatic heterocycles. The lowest BCUT2D eigenvalue weighted by Crippen LogP contribution is -1.99. The fourth-order valence-corrected chi connectivity index (χ4v) is 4.26. The number of rotatable bonds is 7. The van der Waals surface area contributed by atoms with Crippen molar-refractivity contribution in [3.63, 3.8) is 0 Å². The molecule has 0 saturated heterocycles. The summed E-state index contributed by atoms with van der Waals surface area (Å²) in [5, 5.41) is 9.08. The molecule has 158 valence electrons. The van der Waals surface area contributed by atoms with E-state index in [1.54, 1.807) is 26.4 Å². The molecule has 0 bridgehead atoms. The van der Waals surface area contributed by atoms with E-state index in [9.17, 15) is 4.79 Å². The van der Waals surface area contributed by atoms with Crippen molar-refractivity contribution in [2.75, 3.05) is 14.2 Å². The Labute approximate surface area is 182 Å². The molecule has 0 radical (unpaired) electrons. The summed E-state index contributed by atoms with van der Waals surface area (Å²) in [4.78, 5) is 11.1. The van der Waals surface area contributed by atoms with E-state index in [0.717, 1.165) is 48.3 Å². The lowest BCUT2D eigenvalue weighted by atomic mass is 9.94. The first-order chi connectivity index (χ1) is 15.1. The summed E-state index contributed by atoms with van der Waals surface area (Å²) in [5.41, 5.74) is 8.00. The van der Waals surface area contributed by atoms with Crippen molar-refractivity contribution in [3.8, 4) is 11.5 Å². The Morgan fingerprint density at radius 3 is 2.42 bits per heavy atom. The lowest BCUT2D eigenvalue weighted by molar-refractivity contribution is 0.0697. The number of ether oxygens (including phenoxy) is 2. The van der Waals surface area contributed by atoms with Gasteiger partial charge in [0.25, 0.3) is 0 Å². The summed E-state index contributed by atoms with van der Waals surface area (Å²) in [6, 6.07) is 19.7. The molecule has 0 heterocycles. The number of hydrogen-bond acceptors (Lipinski definition) is 3. The summed E-state index contributed by atoms with van der Waals surface area (Å²) in [5.74, 6) is 0.566. The van der Waals surface area contributed by atoms with Gasteiger partial charge in [-0.05, 0) is 83.3 Å². The predicted molar refractivity (Wildman–Crippen MR) is 123 cm³/mol. The Morgan fingerprint density at radius 2 is 1.71 bits per heavy atom. The molecule has 4 rings (SSSR count). The van der Waals surface area contributed by atoms with E-state index >= 15 is 0 Å². The maximum atomic E-state index is 11.1. The minimum Gasteiger partial charge on any atom is -0.493 e. The van der Waals surface area contributed by atoms with E-state index in [2.05, 4.69) is 30.3 Å². The molecule has 31 heavy (non-hydrogen) atoms. The van der Waals surface area contributed by atoms with Crippen molar-refractivity contribution in [2.24, 2.45) is 0 Å². The number of aromatic carboxylic acids is 1. The molecule has 1 N–H and O–H groups in total. The Bertz CT molecular complexity index is 1130. The van der Waals surface area contributed by atoms with Gasteiger partial charge in [-0.15, -0.1) is 0 Å². The van der Waals surface area contributed by atoms with Crippen LogP contribution in [-0.4, -0.2) is 25.3 Å². The molecule has 1 aliphatic carbocycles. The van der Waals surface area contributed by atoms with Crippen LogP contribution in [0.5, 0.6) is 11.5 Å². The second kappa shape index (κ2) is 9.09. The molecule has 0 atom stereocenters. The van der Waals surface area contributed by atoms with Gasteiger partial charge in [-0.25, -0.2) is 4.79 Å². The van der Waals surface area contributed by atoms with E-state index in [4.69, 9.17) is 14.6 Å². The standard InChI is InChI=1S/C27H26O4/c1-30-24-15-9-19(17-25(24)31-2)16-23-14-13-21-5-3-4-20(26(21)23)10-6-18-7-11-22(12-8-18)27(28)29/h3-5,7-9,11-12,15-17H,6,10,13-14H2,1-2H3,(H,28,29). The zero-order chi connectivity index (χ0) is 21.8. The van der Waals surface area contributed by atoms with Crippen molar-refractivity contribution in [1.82, 2.24) is 0 Å². The van der Waals surface area contributed by atoms with Crippen LogP contribution >= 0.6 is 0 Å². The first kappa shape index (κ1) is 20.7. The summed E-state index contributed by atoms with van der Waals surface area (Å²) in [6.45, 7) is 0. The third-order valence-corrected chi connectivity index (χ3v) is 5.85. The molecule has 0 unspecified atom stereocenters. The van der Waals surface area contributed by atoms with Gasteiger partial charge in [-0.3, -0.25) is 0 Å². The van der Waals surface area contributed by atoms with Crippen LogP contribution in [0.1, 0.15) is 44.6 Å². The molecule has 0 saturated carbocycles. The second-order valence-electron chi connectivity index (χ2n) is 7.74. The normalized spacial score (nSPS) is 13.8. The fourth-order valence-electron chi connectivity index (χ4n) is 4.26. The number of carbonyl (C=O) groups is 1. The maximum absolute atomic E-state index is 11.1. The summed E-state index contributed by atoms with van der Waals surface area (Å²) >= 11 is 0. The van der Waals surface area contributed by atoms with Crippen LogP contribution in [0.25, 0.3) is 11.6 Å². The first-order valence-electron chi connectivity index (χ1n) is 10.4. The molecule has 0 aromatic heterocycles. The van der Waals surface area contributed by atoms with Crippen LogP contribution < -0.4 is 9.47 Å². The van der Waals surface area contributed by atoms with E-state index in [1.807, 2.05) is 24.3 Å². The fraction of sp³-hybridized carbons (Fsp3) is 0.222. The number of carboxylic acids is 1. The van der Waals surface area contributed by atoms with Crippen LogP contribution in [-0.2, 0) is 19.3 Å². The summed E-state index contributed by atoms with van der Waals surface area (Å²) in [6.07, 6.45) is 6.11. The van der Waals surface area contributed by atoms with Crippen molar-refractivity contribution in [3.05, 3.63) is 94.0 Å². The number of aryl methyl sites for hydroxylation is 3. The monoisotopic (exact) mass is 414 g/mol. The third kappa shape index (κ3) is 4.48. The first-order valence-corrected chi connectivity index (χ1v) is 10.4.